The van der Waals surface area contributed by atoms with Crippen LogP contribution in [-0.4, -0.2) is 17.3 Å². The maximum Gasteiger partial charge on any atom is 0.303 e. The lowest BCUT2D eigenvalue weighted by Gasteiger charge is -2.12. The maximum atomic E-state index is 13.5. The first-order chi connectivity index (χ1) is 11.0. The van der Waals surface area contributed by atoms with Gasteiger partial charge in [0.15, 0.2) is 0 Å². The Balaban J connectivity index is 2.33. The fourth-order valence-corrected chi connectivity index (χ4v) is 2.50. The largest absolute Gasteiger partial charge is 0.481 e. The molecule has 2 rings (SSSR count). The highest BCUT2D eigenvalue weighted by Gasteiger charge is 2.10. The molecule has 0 atom stereocenters. The van der Waals surface area contributed by atoms with Crippen molar-refractivity contribution < 1.29 is 19.0 Å². The van der Waals surface area contributed by atoms with Crippen LogP contribution in [0.4, 0.5) is 4.39 Å². The summed E-state index contributed by atoms with van der Waals surface area (Å²) < 4.78 is 19.1. The van der Waals surface area contributed by atoms with Gasteiger partial charge in [0.2, 0.25) is 0 Å². The molecule has 0 aliphatic heterocycles. The van der Waals surface area contributed by atoms with Crippen LogP contribution in [0.5, 0.6) is 11.5 Å². The molecule has 0 saturated carbocycles. The SMILES string of the molecule is CSc1ccc(Oc2cc(F)cc(C#N)c2)c(CCC(=O)O)c1. The molecule has 0 saturated heterocycles. The second-order valence-electron chi connectivity index (χ2n) is 4.76. The molecule has 0 unspecified atom stereocenters. The Labute approximate surface area is 137 Å². The van der Waals surface area contributed by atoms with Gasteiger partial charge in [-0.05, 0) is 48.6 Å². The van der Waals surface area contributed by atoms with Crippen LogP contribution in [0.1, 0.15) is 17.5 Å². The summed E-state index contributed by atoms with van der Waals surface area (Å²) in [7, 11) is 0. The van der Waals surface area contributed by atoms with E-state index in [1.54, 1.807) is 6.07 Å². The van der Waals surface area contributed by atoms with Gasteiger partial charge in [0, 0.05) is 17.4 Å². The number of benzene rings is 2. The number of aliphatic carboxylic acids is 1. The monoisotopic (exact) mass is 331 g/mol. The van der Waals surface area contributed by atoms with Crippen molar-refractivity contribution in [3.8, 4) is 17.6 Å². The average Bonchev–Trinajstić information content (AvgIpc) is 2.53. The summed E-state index contributed by atoms with van der Waals surface area (Å²) >= 11 is 1.53. The van der Waals surface area contributed by atoms with Crippen molar-refractivity contribution in [3.05, 3.63) is 53.3 Å². The van der Waals surface area contributed by atoms with Gasteiger partial charge in [-0.1, -0.05) is 0 Å². The molecule has 0 bridgehead atoms. The summed E-state index contributed by atoms with van der Waals surface area (Å²) in [6.45, 7) is 0. The Morgan fingerprint density at radius 2 is 2.13 bits per heavy atom. The van der Waals surface area contributed by atoms with E-state index in [4.69, 9.17) is 15.1 Å². The van der Waals surface area contributed by atoms with Crippen LogP contribution >= 0.6 is 11.8 Å². The van der Waals surface area contributed by atoms with Gasteiger partial charge in [-0.3, -0.25) is 4.79 Å². The molecule has 0 amide bonds. The summed E-state index contributed by atoms with van der Waals surface area (Å²) in [6, 6.07) is 11.0. The van der Waals surface area contributed by atoms with Gasteiger partial charge in [0.1, 0.15) is 17.3 Å². The summed E-state index contributed by atoms with van der Waals surface area (Å²) in [5.74, 6) is -0.802. The molecule has 2 aromatic rings. The third-order valence-electron chi connectivity index (χ3n) is 3.10. The van der Waals surface area contributed by atoms with Crippen LogP contribution in [0.3, 0.4) is 0 Å². The molecule has 4 nitrogen and oxygen atoms in total. The van der Waals surface area contributed by atoms with Gasteiger partial charge in [-0.15, -0.1) is 11.8 Å². The summed E-state index contributed by atoms with van der Waals surface area (Å²) in [4.78, 5) is 11.8. The molecule has 0 aliphatic rings. The molecule has 0 spiro atoms. The van der Waals surface area contributed by atoms with Gasteiger partial charge in [0.05, 0.1) is 11.6 Å². The Morgan fingerprint density at radius 3 is 2.78 bits per heavy atom. The van der Waals surface area contributed by atoms with Crippen molar-refractivity contribution >= 4 is 17.7 Å². The first kappa shape index (κ1) is 16.8. The maximum absolute atomic E-state index is 13.5. The van der Waals surface area contributed by atoms with E-state index in [9.17, 15) is 9.18 Å². The van der Waals surface area contributed by atoms with E-state index in [2.05, 4.69) is 0 Å². The number of thioether (sulfide) groups is 1. The number of carbonyl (C=O) groups is 1. The van der Waals surface area contributed by atoms with Crippen LogP contribution in [0.2, 0.25) is 0 Å². The van der Waals surface area contributed by atoms with Crippen molar-refractivity contribution in [1.82, 2.24) is 0 Å². The quantitative estimate of drug-likeness (QED) is 0.802. The zero-order chi connectivity index (χ0) is 16.8. The molecule has 0 aromatic heterocycles. The normalized spacial score (nSPS) is 10.1. The molecule has 2 aromatic carbocycles. The number of halogens is 1. The smallest absolute Gasteiger partial charge is 0.303 e. The predicted molar refractivity (Wildman–Crippen MR) is 85.4 cm³/mol. The third kappa shape index (κ3) is 4.73. The van der Waals surface area contributed by atoms with E-state index >= 15 is 0 Å². The van der Waals surface area contributed by atoms with Crippen LogP contribution in [0.15, 0.2) is 41.3 Å². The lowest BCUT2D eigenvalue weighted by Crippen LogP contribution is -2.00. The van der Waals surface area contributed by atoms with Gasteiger partial charge in [0.25, 0.3) is 0 Å². The molecule has 0 heterocycles. The summed E-state index contributed by atoms with van der Waals surface area (Å²) in [5, 5.41) is 17.7. The van der Waals surface area contributed by atoms with Crippen LogP contribution in [0.25, 0.3) is 0 Å². The fraction of sp³-hybridized carbons (Fsp3) is 0.176. The lowest BCUT2D eigenvalue weighted by atomic mass is 10.1. The van der Waals surface area contributed by atoms with E-state index in [0.29, 0.717) is 12.2 Å². The highest BCUT2D eigenvalue weighted by molar-refractivity contribution is 7.98. The Bertz CT molecular complexity index is 771. The summed E-state index contributed by atoms with van der Waals surface area (Å²) in [5.41, 5.74) is 0.884. The standard InChI is InChI=1S/C17H14FNO3S/c1-23-15-3-4-16(12(8-15)2-5-17(20)21)22-14-7-11(10-19)6-13(18)9-14/h3-4,6-9H,2,5H2,1H3,(H,20,21). The summed E-state index contributed by atoms with van der Waals surface area (Å²) in [6.07, 6.45) is 2.20. The third-order valence-corrected chi connectivity index (χ3v) is 3.83. The molecule has 0 fully saturated rings. The number of nitrogens with zero attached hydrogens (tertiary/aromatic N) is 1. The zero-order valence-electron chi connectivity index (χ0n) is 12.4. The number of carboxylic acid groups (broad SMARTS) is 1. The van der Waals surface area contributed by atoms with Crippen molar-refractivity contribution in [2.45, 2.75) is 17.7 Å². The predicted octanol–water partition coefficient (Wildman–Crippen LogP) is 4.23. The first-order valence-corrected chi connectivity index (χ1v) is 8.01. The number of rotatable bonds is 6. The van der Waals surface area contributed by atoms with Gasteiger partial charge < -0.3 is 9.84 Å². The number of hydrogen-bond acceptors (Lipinski definition) is 4. The van der Waals surface area contributed by atoms with Crippen LogP contribution < -0.4 is 4.74 Å². The molecule has 6 heteroatoms. The minimum Gasteiger partial charge on any atom is -0.481 e. The second-order valence-corrected chi connectivity index (χ2v) is 5.64. The van der Waals surface area contributed by atoms with Gasteiger partial charge >= 0.3 is 5.97 Å². The van der Waals surface area contributed by atoms with E-state index in [1.807, 2.05) is 24.5 Å². The highest BCUT2D eigenvalue weighted by atomic mass is 32.2. The molecular weight excluding hydrogens is 317 g/mol. The van der Waals surface area contributed by atoms with E-state index in [1.165, 1.54) is 23.9 Å². The van der Waals surface area contributed by atoms with E-state index in [0.717, 1.165) is 16.5 Å². The Kier molecular flexibility index (Phi) is 5.61. The molecule has 0 radical (unpaired) electrons. The number of carboxylic acids is 1. The van der Waals surface area contributed by atoms with Gasteiger partial charge in [-0.25, -0.2) is 4.39 Å². The van der Waals surface area contributed by atoms with Crippen LogP contribution in [0, 0.1) is 17.1 Å². The van der Waals surface area contributed by atoms with E-state index < -0.39 is 11.8 Å². The molecule has 0 aliphatic carbocycles. The minimum atomic E-state index is -0.900. The number of ether oxygens (including phenoxy) is 1. The average molecular weight is 331 g/mol. The highest BCUT2D eigenvalue weighted by Crippen LogP contribution is 2.30. The first-order valence-electron chi connectivity index (χ1n) is 6.79. The number of aryl methyl sites for hydroxylation is 1. The Hall–Kier alpha value is -2.52. The molecule has 23 heavy (non-hydrogen) atoms. The zero-order valence-corrected chi connectivity index (χ0v) is 13.2. The van der Waals surface area contributed by atoms with Crippen molar-refractivity contribution in [3.63, 3.8) is 0 Å². The van der Waals surface area contributed by atoms with Crippen LogP contribution in [-0.2, 0) is 11.2 Å². The molecule has 1 N–H and O–H groups in total. The number of hydrogen-bond donors (Lipinski definition) is 1. The topological polar surface area (TPSA) is 70.3 Å². The second kappa shape index (κ2) is 7.65. The molecular formula is C17H14FNO3S. The fourth-order valence-electron chi connectivity index (χ4n) is 2.03. The van der Waals surface area contributed by atoms with E-state index in [-0.39, 0.29) is 17.7 Å². The Morgan fingerprint density at radius 1 is 1.35 bits per heavy atom. The van der Waals surface area contributed by atoms with Crippen molar-refractivity contribution in [1.29, 1.82) is 5.26 Å². The minimum absolute atomic E-state index is 0.0270. The van der Waals surface area contributed by atoms with Gasteiger partial charge in [-0.2, -0.15) is 5.26 Å². The number of nitriles is 1. The molecule has 118 valence electrons. The van der Waals surface area contributed by atoms with Crippen molar-refractivity contribution in [2.24, 2.45) is 0 Å². The lowest BCUT2D eigenvalue weighted by molar-refractivity contribution is -0.136. The van der Waals surface area contributed by atoms with Crippen molar-refractivity contribution in [2.75, 3.05) is 6.26 Å².